The molecule has 0 aliphatic heterocycles. The molecule has 0 aromatic heterocycles. The SMILES string of the molecule is CCOC(=O)C[C@@H](c1ccc(OC)c(-c2ccccc2)c1)N(Cc1ccccc1)[C@H](C)c1ccccc1. The molecule has 0 radical (unpaired) electrons. The molecule has 2 atom stereocenters. The highest BCUT2D eigenvalue weighted by Crippen LogP contribution is 2.39. The lowest BCUT2D eigenvalue weighted by Gasteiger charge is -2.37. The number of benzene rings is 4. The predicted octanol–water partition coefficient (Wildman–Crippen LogP) is 7.62. The van der Waals surface area contributed by atoms with Gasteiger partial charge in [0.05, 0.1) is 20.1 Å². The Kier molecular flexibility index (Phi) is 9.12. The van der Waals surface area contributed by atoms with Gasteiger partial charge in [-0.15, -0.1) is 0 Å². The van der Waals surface area contributed by atoms with Gasteiger partial charge in [0.1, 0.15) is 5.75 Å². The van der Waals surface area contributed by atoms with Crippen LogP contribution in [0, 0.1) is 0 Å². The highest BCUT2D eigenvalue weighted by molar-refractivity contribution is 5.73. The Morgan fingerprint density at radius 3 is 2.05 bits per heavy atom. The van der Waals surface area contributed by atoms with Crippen molar-refractivity contribution in [3.05, 3.63) is 126 Å². The molecule has 4 nitrogen and oxygen atoms in total. The molecule has 37 heavy (non-hydrogen) atoms. The normalized spacial score (nSPS) is 12.6. The molecule has 0 fully saturated rings. The van der Waals surface area contributed by atoms with Crippen LogP contribution >= 0.6 is 0 Å². The molecule has 0 amide bonds. The van der Waals surface area contributed by atoms with Crippen LogP contribution in [-0.4, -0.2) is 24.6 Å². The maximum atomic E-state index is 12.9. The third kappa shape index (κ3) is 6.66. The van der Waals surface area contributed by atoms with Crippen molar-refractivity contribution < 1.29 is 14.3 Å². The lowest BCUT2D eigenvalue weighted by molar-refractivity contribution is -0.145. The van der Waals surface area contributed by atoms with Gasteiger partial charge in [0.2, 0.25) is 0 Å². The molecule has 0 N–H and O–H groups in total. The third-order valence-electron chi connectivity index (χ3n) is 6.75. The maximum Gasteiger partial charge on any atom is 0.307 e. The van der Waals surface area contributed by atoms with E-state index in [4.69, 9.17) is 9.47 Å². The van der Waals surface area contributed by atoms with Gasteiger partial charge in [0.15, 0.2) is 0 Å². The van der Waals surface area contributed by atoms with Crippen LogP contribution in [0.15, 0.2) is 109 Å². The first kappa shape index (κ1) is 26.2. The standard InChI is InChI=1S/C33H35NO3/c1-4-37-33(35)23-31(29-20-21-32(36-3)30(22-29)28-18-12-7-13-19-28)34(24-26-14-8-5-9-15-26)25(2)27-16-10-6-11-17-27/h5-22,25,31H,4,23-24H2,1-3H3/t25-,31+/m1/s1. The van der Waals surface area contributed by atoms with E-state index in [1.807, 2.05) is 43.3 Å². The van der Waals surface area contributed by atoms with E-state index in [-0.39, 0.29) is 24.5 Å². The van der Waals surface area contributed by atoms with Crippen molar-refractivity contribution in [3.63, 3.8) is 0 Å². The number of carbonyl (C=O) groups is 1. The number of nitrogens with zero attached hydrogens (tertiary/aromatic N) is 1. The minimum absolute atomic E-state index is 0.0584. The summed E-state index contributed by atoms with van der Waals surface area (Å²) in [6, 6.07) is 37.2. The van der Waals surface area contributed by atoms with Crippen LogP contribution in [0.25, 0.3) is 11.1 Å². The summed E-state index contributed by atoms with van der Waals surface area (Å²) in [7, 11) is 1.69. The molecule has 0 unspecified atom stereocenters. The van der Waals surface area contributed by atoms with Crippen LogP contribution in [0.2, 0.25) is 0 Å². The monoisotopic (exact) mass is 493 g/mol. The zero-order valence-electron chi connectivity index (χ0n) is 21.8. The Bertz CT molecular complexity index is 1260. The largest absolute Gasteiger partial charge is 0.496 e. The van der Waals surface area contributed by atoms with Crippen molar-refractivity contribution >= 4 is 5.97 Å². The molecule has 4 rings (SSSR count). The molecule has 0 aliphatic carbocycles. The fourth-order valence-electron chi connectivity index (χ4n) is 4.81. The minimum atomic E-state index is -0.206. The molecule has 4 heteroatoms. The van der Waals surface area contributed by atoms with E-state index in [9.17, 15) is 4.79 Å². The van der Waals surface area contributed by atoms with Crippen molar-refractivity contribution in [2.75, 3.05) is 13.7 Å². The van der Waals surface area contributed by atoms with Gasteiger partial charge in [-0.3, -0.25) is 9.69 Å². The Hall–Kier alpha value is -3.89. The van der Waals surface area contributed by atoms with Gasteiger partial charge in [0.25, 0.3) is 0 Å². The lowest BCUT2D eigenvalue weighted by Crippen LogP contribution is -2.33. The molecule has 0 saturated carbocycles. The van der Waals surface area contributed by atoms with Crippen LogP contribution in [-0.2, 0) is 16.1 Å². The highest BCUT2D eigenvalue weighted by Gasteiger charge is 2.29. The summed E-state index contributed by atoms with van der Waals surface area (Å²) in [6.07, 6.45) is 0.248. The Labute approximate surface area is 220 Å². The molecular formula is C33H35NO3. The Morgan fingerprint density at radius 1 is 0.811 bits per heavy atom. The van der Waals surface area contributed by atoms with E-state index in [0.717, 1.165) is 22.4 Å². The van der Waals surface area contributed by atoms with Crippen molar-refractivity contribution in [1.82, 2.24) is 4.90 Å². The number of carbonyl (C=O) groups excluding carboxylic acids is 1. The van der Waals surface area contributed by atoms with Crippen LogP contribution in [0.3, 0.4) is 0 Å². The molecule has 4 aromatic rings. The molecule has 0 spiro atoms. The first-order valence-electron chi connectivity index (χ1n) is 12.8. The van der Waals surface area contributed by atoms with Gasteiger partial charge < -0.3 is 9.47 Å². The number of hydrogen-bond acceptors (Lipinski definition) is 4. The fourth-order valence-corrected chi connectivity index (χ4v) is 4.81. The van der Waals surface area contributed by atoms with Crippen molar-refractivity contribution in [2.45, 2.75) is 38.9 Å². The average Bonchev–Trinajstić information content (AvgIpc) is 2.96. The molecular weight excluding hydrogens is 458 g/mol. The number of methoxy groups -OCH3 is 1. The Morgan fingerprint density at radius 2 is 1.43 bits per heavy atom. The van der Waals surface area contributed by atoms with Gasteiger partial charge in [-0.1, -0.05) is 97.1 Å². The van der Waals surface area contributed by atoms with Crippen molar-refractivity contribution in [3.8, 4) is 16.9 Å². The van der Waals surface area contributed by atoms with Gasteiger partial charge in [-0.2, -0.15) is 0 Å². The Balaban J connectivity index is 1.83. The van der Waals surface area contributed by atoms with E-state index < -0.39 is 0 Å². The summed E-state index contributed by atoms with van der Waals surface area (Å²) in [5, 5.41) is 0. The van der Waals surface area contributed by atoms with E-state index in [1.54, 1.807) is 7.11 Å². The second-order valence-electron chi connectivity index (χ2n) is 9.10. The summed E-state index contributed by atoms with van der Waals surface area (Å²) < 4.78 is 11.2. The van der Waals surface area contributed by atoms with E-state index in [0.29, 0.717) is 13.2 Å². The van der Waals surface area contributed by atoms with Gasteiger partial charge in [0, 0.05) is 24.2 Å². The molecule has 4 aromatic carbocycles. The molecule has 190 valence electrons. The number of esters is 1. The van der Waals surface area contributed by atoms with Crippen LogP contribution in [0.1, 0.15) is 49.0 Å². The molecule has 0 bridgehead atoms. The molecule has 0 heterocycles. The van der Waals surface area contributed by atoms with Crippen LogP contribution < -0.4 is 4.74 Å². The summed E-state index contributed by atoms with van der Waals surface area (Å²) in [5.74, 6) is 0.596. The topological polar surface area (TPSA) is 38.8 Å². The van der Waals surface area contributed by atoms with Crippen LogP contribution in [0.4, 0.5) is 0 Å². The zero-order valence-corrected chi connectivity index (χ0v) is 21.8. The summed E-state index contributed by atoms with van der Waals surface area (Å²) in [6.45, 7) is 5.10. The minimum Gasteiger partial charge on any atom is -0.496 e. The van der Waals surface area contributed by atoms with Crippen molar-refractivity contribution in [2.24, 2.45) is 0 Å². The number of rotatable bonds is 11. The number of ether oxygens (including phenoxy) is 2. The van der Waals surface area contributed by atoms with Gasteiger partial charge >= 0.3 is 5.97 Å². The highest BCUT2D eigenvalue weighted by atomic mass is 16.5. The lowest BCUT2D eigenvalue weighted by atomic mass is 9.93. The average molecular weight is 494 g/mol. The third-order valence-corrected chi connectivity index (χ3v) is 6.75. The van der Waals surface area contributed by atoms with E-state index >= 15 is 0 Å². The quantitative estimate of drug-likeness (QED) is 0.201. The second kappa shape index (κ2) is 12.9. The molecule has 0 aliphatic rings. The van der Waals surface area contributed by atoms with E-state index in [2.05, 4.69) is 84.6 Å². The zero-order chi connectivity index (χ0) is 26.0. The van der Waals surface area contributed by atoms with Crippen LogP contribution in [0.5, 0.6) is 5.75 Å². The van der Waals surface area contributed by atoms with E-state index in [1.165, 1.54) is 11.1 Å². The first-order valence-corrected chi connectivity index (χ1v) is 12.8. The summed E-state index contributed by atoms with van der Waals surface area (Å²) in [5.41, 5.74) is 5.51. The maximum absolute atomic E-state index is 12.9. The van der Waals surface area contributed by atoms with Gasteiger partial charge in [-0.25, -0.2) is 0 Å². The predicted molar refractivity (Wildman–Crippen MR) is 149 cm³/mol. The summed E-state index contributed by atoms with van der Waals surface area (Å²) >= 11 is 0. The second-order valence-corrected chi connectivity index (χ2v) is 9.10. The molecule has 0 saturated heterocycles. The van der Waals surface area contributed by atoms with Gasteiger partial charge in [-0.05, 0) is 48.2 Å². The number of hydrogen-bond donors (Lipinski definition) is 0. The van der Waals surface area contributed by atoms with Crippen molar-refractivity contribution in [1.29, 1.82) is 0 Å². The fraction of sp³-hybridized carbons (Fsp3) is 0.242. The summed E-state index contributed by atoms with van der Waals surface area (Å²) in [4.78, 5) is 15.3. The smallest absolute Gasteiger partial charge is 0.307 e. The first-order chi connectivity index (χ1) is 18.1.